The molecule has 1 spiro atoms. The van der Waals surface area contributed by atoms with Gasteiger partial charge < -0.3 is 0 Å². The van der Waals surface area contributed by atoms with Crippen LogP contribution in [-0.2, 0) is 0 Å². The fourth-order valence-corrected chi connectivity index (χ4v) is 20.6. The van der Waals surface area contributed by atoms with Gasteiger partial charge in [-0.25, -0.2) is 0 Å². The standard InChI is InChI=1S/C44H25GeN5O/c1-2-12-28-27(11-1)31-14-9-16-33-41(31)42-32(28)15-10-17-34(42)45(33)49-37-20-6-4-18-35(37)46-43(49)48(44-47-36-19-5-7-21-38(36)50(44)45)26-23-24-30-29-13-3-8-22-39(29)51-40(30)25-26/h1-25H. The van der Waals surface area contributed by atoms with E-state index < -0.39 is 13.7 Å². The minimum atomic E-state index is -4.03. The Morgan fingerprint density at radius 3 is 1.57 bits per heavy atom. The Morgan fingerprint density at radius 2 is 0.941 bits per heavy atom. The van der Waals surface area contributed by atoms with Gasteiger partial charge in [-0.15, -0.1) is 0 Å². The van der Waals surface area contributed by atoms with Crippen LogP contribution in [0.1, 0.15) is 0 Å². The monoisotopic (exact) mass is 713 g/mol. The van der Waals surface area contributed by atoms with Crippen LogP contribution in [0.2, 0.25) is 0 Å². The van der Waals surface area contributed by atoms with Crippen molar-refractivity contribution in [2.24, 2.45) is 0 Å². The average Bonchev–Trinajstić information content (AvgIpc) is 3.94. The maximum absolute atomic E-state index is 6.46. The molecule has 0 aliphatic carbocycles. The van der Waals surface area contributed by atoms with Crippen LogP contribution in [0, 0.1) is 0 Å². The van der Waals surface area contributed by atoms with Gasteiger partial charge in [-0.3, -0.25) is 0 Å². The Balaban J connectivity index is 1.24. The summed E-state index contributed by atoms with van der Waals surface area (Å²) >= 11 is -4.03. The second-order valence-electron chi connectivity index (χ2n) is 13.8. The predicted octanol–water partition coefficient (Wildman–Crippen LogP) is 9.49. The minimum absolute atomic E-state index is 0.843. The number of benzene rings is 8. The number of hydrogen-bond donors (Lipinski definition) is 0. The molecule has 0 radical (unpaired) electrons. The van der Waals surface area contributed by atoms with E-state index in [9.17, 15) is 0 Å². The molecule has 0 bridgehead atoms. The summed E-state index contributed by atoms with van der Waals surface area (Å²) in [6.45, 7) is 0. The molecule has 0 saturated heterocycles. The van der Waals surface area contributed by atoms with Crippen molar-refractivity contribution in [3.63, 3.8) is 0 Å². The third-order valence-electron chi connectivity index (χ3n) is 11.4. The first-order valence-electron chi connectivity index (χ1n) is 17.4. The fourth-order valence-electron chi connectivity index (χ4n) is 9.49. The molecule has 0 N–H and O–H groups in total. The van der Waals surface area contributed by atoms with E-state index in [4.69, 9.17) is 14.4 Å². The number of fused-ring (bicyclic) bond motifs is 16. The van der Waals surface area contributed by atoms with Gasteiger partial charge in [0.15, 0.2) is 0 Å². The van der Waals surface area contributed by atoms with E-state index >= 15 is 0 Å². The van der Waals surface area contributed by atoms with Crippen LogP contribution < -0.4 is 13.7 Å². The van der Waals surface area contributed by atoms with Gasteiger partial charge in [0.05, 0.1) is 0 Å². The van der Waals surface area contributed by atoms with E-state index in [2.05, 4.69) is 151 Å². The van der Waals surface area contributed by atoms with Gasteiger partial charge in [-0.2, -0.15) is 0 Å². The summed E-state index contributed by atoms with van der Waals surface area (Å²) < 4.78 is 14.6. The second-order valence-corrected chi connectivity index (χ2v) is 20.7. The summed E-state index contributed by atoms with van der Waals surface area (Å²) in [5.41, 5.74) is 6.91. The van der Waals surface area contributed by atoms with Gasteiger partial charge in [0.1, 0.15) is 0 Å². The van der Waals surface area contributed by atoms with Crippen LogP contribution in [0.5, 0.6) is 0 Å². The third-order valence-corrected chi connectivity index (χ3v) is 20.9. The molecular weight excluding hydrogens is 687 g/mol. The molecule has 13 rings (SSSR count). The van der Waals surface area contributed by atoms with Gasteiger partial charge in [0.2, 0.25) is 0 Å². The first-order valence-corrected chi connectivity index (χ1v) is 21.3. The van der Waals surface area contributed by atoms with E-state index in [-0.39, 0.29) is 0 Å². The molecule has 5 heterocycles. The summed E-state index contributed by atoms with van der Waals surface area (Å²) in [4.78, 5) is 13.3. The number of aromatic nitrogens is 4. The van der Waals surface area contributed by atoms with Gasteiger partial charge in [0, 0.05) is 0 Å². The van der Waals surface area contributed by atoms with Crippen LogP contribution in [0.25, 0.3) is 76.3 Å². The molecule has 0 saturated carbocycles. The van der Waals surface area contributed by atoms with Crippen molar-refractivity contribution in [3.8, 4) is 0 Å². The number of para-hydroxylation sites is 5. The Hall–Kier alpha value is -6.38. The fraction of sp³-hybridized carbons (Fsp3) is 0. The predicted molar refractivity (Wildman–Crippen MR) is 210 cm³/mol. The summed E-state index contributed by atoms with van der Waals surface area (Å²) in [6, 6.07) is 55.0. The normalized spacial score (nSPS) is 14.4. The summed E-state index contributed by atoms with van der Waals surface area (Å²) in [7, 11) is 0. The van der Waals surface area contributed by atoms with Crippen molar-refractivity contribution in [2.75, 3.05) is 4.90 Å². The molecule has 0 atom stereocenters. The molecule has 7 heteroatoms. The average molecular weight is 712 g/mol. The first-order chi connectivity index (χ1) is 25.3. The van der Waals surface area contributed by atoms with E-state index in [0.29, 0.717) is 0 Å². The molecule has 3 aromatic heterocycles. The molecular formula is C44H25GeN5O. The molecule has 236 valence electrons. The summed E-state index contributed by atoms with van der Waals surface area (Å²) in [6.07, 6.45) is 0. The van der Waals surface area contributed by atoms with Gasteiger partial charge >= 0.3 is 294 Å². The molecule has 0 unspecified atom stereocenters. The summed E-state index contributed by atoms with van der Waals surface area (Å²) in [5, 5.41) is 10.1. The molecule has 11 aromatic rings. The zero-order valence-electron chi connectivity index (χ0n) is 27.1. The Bertz CT molecular complexity index is 3190. The second kappa shape index (κ2) is 9.04. The number of anilines is 3. The summed E-state index contributed by atoms with van der Waals surface area (Å²) in [5.74, 6) is 1.78. The Labute approximate surface area is 293 Å². The quantitative estimate of drug-likeness (QED) is 0.126. The Morgan fingerprint density at radius 1 is 0.431 bits per heavy atom. The van der Waals surface area contributed by atoms with Gasteiger partial charge in [-0.1, -0.05) is 0 Å². The number of hydrogen-bond acceptors (Lipinski definition) is 4. The zero-order chi connectivity index (χ0) is 33.0. The van der Waals surface area contributed by atoms with Crippen LogP contribution in [0.15, 0.2) is 156 Å². The van der Waals surface area contributed by atoms with Crippen LogP contribution in [0.3, 0.4) is 0 Å². The maximum atomic E-state index is 6.46. The van der Waals surface area contributed by atoms with Gasteiger partial charge in [0.25, 0.3) is 0 Å². The number of rotatable bonds is 1. The molecule has 0 amide bonds. The van der Waals surface area contributed by atoms with Crippen molar-refractivity contribution in [2.45, 2.75) is 0 Å². The van der Waals surface area contributed by atoms with Crippen molar-refractivity contribution < 1.29 is 4.42 Å². The SMILES string of the molecule is c1ccc2c(c1)nc1[n]2[Ge]2([c]3cccc4c5ccccc5c5ccc[c]2c5c34)[n]2c(nc3ccccc32)N1c1ccc2c(c1)oc1ccccc12. The van der Waals surface area contributed by atoms with Crippen LogP contribution in [0.4, 0.5) is 17.6 Å². The molecule has 8 aromatic carbocycles. The topological polar surface area (TPSA) is 52.0 Å². The van der Waals surface area contributed by atoms with Gasteiger partial charge in [-0.05, 0) is 0 Å². The number of imidazole rings is 2. The molecule has 2 aliphatic heterocycles. The number of furan rings is 1. The third kappa shape index (κ3) is 3.00. The van der Waals surface area contributed by atoms with Crippen molar-refractivity contribution in [1.29, 1.82) is 0 Å². The van der Waals surface area contributed by atoms with Crippen molar-refractivity contribution in [1.82, 2.24) is 17.0 Å². The van der Waals surface area contributed by atoms with E-state index in [0.717, 1.165) is 61.6 Å². The zero-order valence-corrected chi connectivity index (χ0v) is 29.2. The van der Waals surface area contributed by atoms with Crippen molar-refractivity contribution in [3.05, 3.63) is 152 Å². The van der Waals surface area contributed by atoms with Crippen LogP contribution in [-0.4, -0.2) is 30.7 Å². The van der Waals surface area contributed by atoms with Crippen molar-refractivity contribution >= 4 is 116 Å². The van der Waals surface area contributed by atoms with E-state index in [1.54, 1.807) is 0 Å². The molecule has 6 nitrogen and oxygen atoms in total. The Kier molecular flexibility index (Phi) is 4.70. The molecule has 51 heavy (non-hydrogen) atoms. The molecule has 0 fully saturated rings. The van der Waals surface area contributed by atoms with E-state index in [1.807, 2.05) is 12.1 Å². The van der Waals surface area contributed by atoms with Crippen LogP contribution >= 0.6 is 0 Å². The first kappa shape index (κ1) is 26.5. The molecule has 2 aliphatic rings. The number of nitrogens with zero attached hydrogens (tertiary/aromatic N) is 5. The van der Waals surface area contributed by atoms with E-state index in [1.165, 1.54) is 41.1 Å².